The van der Waals surface area contributed by atoms with E-state index in [9.17, 15) is 4.79 Å². The van der Waals surface area contributed by atoms with Crippen molar-refractivity contribution in [1.82, 2.24) is 0 Å². The van der Waals surface area contributed by atoms with E-state index in [1.165, 1.54) is 0 Å². The van der Waals surface area contributed by atoms with Crippen LogP contribution in [-0.2, 0) is 4.79 Å². The van der Waals surface area contributed by atoms with Gasteiger partial charge in [-0.1, -0.05) is 18.5 Å². The van der Waals surface area contributed by atoms with Gasteiger partial charge in [-0.3, -0.25) is 4.79 Å². The van der Waals surface area contributed by atoms with Crippen molar-refractivity contribution in [1.29, 1.82) is 0 Å². The maximum atomic E-state index is 11.6. The standard InChI is InChI=1S/C12H15Cl2NO2/c1-3-17-11-5-4-9(6-10(11)14)15-12(16)8(2)7-13/h4-6,8H,3,7H2,1-2H3,(H,15,16). The lowest BCUT2D eigenvalue weighted by Crippen LogP contribution is -2.21. The molecule has 0 spiro atoms. The summed E-state index contributed by atoms with van der Waals surface area (Å²) < 4.78 is 5.30. The van der Waals surface area contributed by atoms with Gasteiger partial charge in [0, 0.05) is 17.5 Å². The third kappa shape index (κ3) is 4.10. The molecule has 0 saturated heterocycles. The van der Waals surface area contributed by atoms with E-state index >= 15 is 0 Å². The van der Waals surface area contributed by atoms with E-state index in [0.717, 1.165) is 0 Å². The number of halogens is 2. The molecule has 0 aliphatic heterocycles. The second kappa shape index (κ2) is 6.72. The Morgan fingerprint density at radius 2 is 2.24 bits per heavy atom. The average Bonchev–Trinajstić information content (AvgIpc) is 2.31. The Kier molecular flexibility index (Phi) is 5.59. The number of hydrogen-bond acceptors (Lipinski definition) is 2. The number of carbonyl (C=O) groups excluding carboxylic acids is 1. The Morgan fingerprint density at radius 3 is 2.76 bits per heavy atom. The predicted molar refractivity (Wildman–Crippen MR) is 71.1 cm³/mol. The molecule has 1 amide bonds. The molecule has 1 aromatic carbocycles. The molecular weight excluding hydrogens is 261 g/mol. The lowest BCUT2D eigenvalue weighted by Gasteiger charge is -2.11. The summed E-state index contributed by atoms with van der Waals surface area (Å²) in [4.78, 5) is 11.6. The van der Waals surface area contributed by atoms with Gasteiger partial charge in [-0.25, -0.2) is 0 Å². The number of rotatable bonds is 5. The van der Waals surface area contributed by atoms with E-state index in [1.54, 1.807) is 25.1 Å². The van der Waals surface area contributed by atoms with Gasteiger partial charge in [-0.15, -0.1) is 11.6 Å². The summed E-state index contributed by atoms with van der Waals surface area (Å²) in [6, 6.07) is 5.13. The molecule has 0 heterocycles. The lowest BCUT2D eigenvalue weighted by molar-refractivity contribution is -0.118. The second-order valence-corrected chi connectivity index (χ2v) is 4.34. The Morgan fingerprint density at radius 1 is 1.53 bits per heavy atom. The van der Waals surface area contributed by atoms with Gasteiger partial charge in [-0.2, -0.15) is 0 Å². The summed E-state index contributed by atoms with van der Waals surface area (Å²) in [5.41, 5.74) is 0.639. The number of ether oxygens (including phenoxy) is 1. The van der Waals surface area contributed by atoms with Gasteiger partial charge < -0.3 is 10.1 Å². The van der Waals surface area contributed by atoms with E-state index < -0.39 is 0 Å². The minimum atomic E-state index is -0.234. The average molecular weight is 276 g/mol. The normalized spacial score (nSPS) is 12.0. The first-order valence-electron chi connectivity index (χ1n) is 5.37. The van der Waals surface area contributed by atoms with Crippen LogP contribution in [0.25, 0.3) is 0 Å². The summed E-state index contributed by atoms with van der Waals surface area (Å²) in [7, 11) is 0. The number of hydrogen-bond donors (Lipinski definition) is 1. The molecule has 0 aliphatic rings. The highest BCUT2D eigenvalue weighted by atomic mass is 35.5. The molecule has 17 heavy (non-hydrogen) atoms. The van der Waals surface area contributed by atoms with Crippen molar-refractivity contribution < 1.29 is 9.53 Å². The molecule has 94 valence electrons. The smallest absolute Gasteiger partial charge is 0.228 e. The molecule has 1 unspecified atom stereocenters. The first-order valence-corrected chi connectivity index (χ1v) is 6.29. The van der Waals surface area contributed by atoms with Crippen LogP contribution in [-0.4, -0.2) is 18.4 Å². The fourth-order valence-electron chi connectivity index (χ4n) is 1.19. The van der Waals surface area contributed by atoms with Crippen LogP contribution in [0.3, 0.4) is 0 Å². The molecule has 0 radical (unpaired) electrons. The maximum absolute atomic E-state index is 11.6. The van der Waals surface area contributed by atoms with Gasteiger partial charge >= 0.3 is 0 Å². The third-order valence-corrected chi connectivity index (χ3v) is 2.94. The second-order valence-electron chi connectivity index (χ2n) is 3.62. The number of amides is 1. The van der Waals surface area contributed by atoms with Crippen molar-refractivity contribution in [3.8, 4) is 5.75 Å². The van der Waals surface area contributed by atoms with Gasteiger partial charge in [-0.05, 0) is 25.1 Å². The van der Waals surface area contributed by atoms with Crippen molar-refractivity contribution >= 4 is 34.8 Å². The Balaban J connectivity index is 2.73. The van der Waals surface area contributed by atoms with Crippen LogP contribution in [0.2, 0.25) is 5.02 Å². The number of nitrogens with one attached hydrogen (secondary N) is 1. The van der Waals surface area contributed by atoms with Crippen molar-refractivity contribution in [2.24, 2.45) is 5.92 Å². The predicted octanol–water partition coefficient (Wildman–Crippen LogP) is 3.55. The summed E-state index contributed by atoms with van der Waals surface area (Å²) in [5.74, 6) is 0.538. The maximum Gasteiger partial charge on any atom is 0.228 e. The summed E-state index contributed by atoms with van der Waals surface area (Å²) in [5, 5.41) is 3.21. The molecule has 3 nitrogen and oxygen atoms in total. The van der Waals surface area contributed by atoms with Crippen molar-refractivity contribution in [3.63, 3.8) is 0 Å². The number of alkyl halides is 1. The minimum Gasteiger partial charge on any atom is -0.492 e. The highest BCUT2D eigenvalue weighted by molar-refractivity contribution is 6.32. The van der Waals surface area contributed by atoms with Crippen molar-refractivity contribution in [2.75, 3.05) is 17.8 Å². The van der Waals surface area contributed by atoms with Gasteiger partial charge in [0.15, 0.2) is 0 Å². The zero-order chi connectivity index (χ0) is 12.8. The molecule has 5 heteroatoms. The minimum absolute atomic E-state index is 0.125. The third-order valence-electron chi connectivity index (χ3n) is 2.18. The monoisotopic (exact) mass is 275 g/mol. The quantitative estimate of drug-likeness (QED) is 0.835. The molecule has 1 rings (SSSR count). The summed E-state index contributed by atoms with van der Waals surface area (Å²) >= 11 is 11.6. The van der Waals surface area contributed by atoms with Crippen molar-refractivity contribution in [2.45, 2.75) is 13.8 Å². The SMILES string of the molecule is CCOc1ccc(NC(=O)C(C)CCl)cc1Cl. The van der Waals surface area contributed by atoms with Crippen LogP contribution in [0, 0.1) is 5.92 Å². The molecule has 0 aromatic heterocycles. The molecule has 1 N–H and O–H groups in total. The lowest BCUT2D eigenvalue weighted by atomic mass is 10.2. The van der Waals surface area contributed by atoms with Crippen LogP contribution in [0.4, 0.5) is 5.69 Å². The van der Waals surface area contributed by atoms with Crippen molar-refractivity contribution in [3.05, 3.63) is 23.2 Å². The van der Waals surface area contributed by atoms with E-state index in [0.29, 0.717) is 23.1 Å². The van der Waals surface area contributed by atoms with E-state index in [4.69, 9.17) is 27.9 Å². The zero-order valence-corrected chi connectivity index (χ0v) is 11.3. The van der Waals surface area contributed by atoms with Crippen LogP contribution in [0.1, 0.15) is 13.8 Å². The molecule has 1 atom stereocenters. The van der Waals surface area contributed by atoms with E-state index in [2.05, 4.69) is 5.32 Å². The summed E-state index contributed by atoms with van der Waals surface area (Å²) in [6.07, 6.45) is 0. The van der Waals surface area contributed by atoms with E-state index in [1.807, 2.05) is 6.92 Å². The fourth-order valence-corrected chi connectivity index (χ4v) is 1.56. The number of benzene rings is 1. The molecule has 1 aromatic rings. The molecule has 0 fully saturated rings. The fraction of sp³-hybridized carbons (Fsp3) is 0.417. The van der Waals surface area contributed by atoms with Crippen LogP contribution in [0.15, 0.2) is 18.2 Å². The first kappa shape index (κ1) is 14.1. The van der Waals surface area contributed by atoms with Crippen LogP contribution < -0.4 is 10.1 Å². The van der Waals surface area contributed by atoms with Crippen LogP contribution in [0.5, 0.6) is 5.75 Å². The Labute approximate surface area is 111 Å². The molecule has 0 bridgehead atoms. The number of anilines is 1. The largest absolute Gasteiger partial charge is 0.492 e. The van der Waals surface area contributed by atoms with Gasteiger partial charge in [0.25, 0.3) is 0 Å². The zero-order valence-electron chi connectivity index (χ0n) is 9.80. The van der Waals surface area contributed by atoms with Gasteiger partial charge in [0.1, 0.15) is 5.75 Å². The summed E-state index contributed by atoms with van der Waals surface area (Å²) in [6.45, 7) is 4.20. The molecule has 0 aliphatic carbocycles. The molecular formula is C12H15Cl2NO2. The first-order chi connectivity index (χ1) is 8.08. The Hall–Kier alpha value is -0.930. The van der Waals surface area contributed by atoms with Crippen LogP contribution >= 0.6 is 23.2 Å². The van der Waals surface area contributed by atoms with Gasteiger partial charge in [0.05, 0.1) is 11.6 Å². The van der Waals surface area contributed by atoms with E-state index in [-0.39, 0.29) is 17.7 Å². The molecule has 0 saturated carbocycles. The highest BCUT2D eigenvalue weighted by Gasteiger charge is 2.12. The Bertz CT molecular complexity index is 396. The number of carbonyl (C=O) groups is 1. The topological polar surface area (TPSA) is 38.3 Å². The highest BCUT2D eigenvalue weighted by Crippen LogP contribution is 2.27. The van der Waals surface area contributed by atoms with Gasteiger partial charge in [0.2, 0.25) is 5.91 Å².